The van der Waals surface area contributed by atoms with Crippen LogP contribution in [0.3, 0.4) is 0 Å². The molecule has 0 unspecified atom stereocenters. The van der Waals surface area contributed by atoms with Crippen molar-refractivity contribution in [2.24, 2.45) is 0 Å². The van der Waals surface area contributed by atoms with Gasteiger partial charge < -0.3 is 4.90 Å². The number of fused-ring (bicyclic) bond motifs is 6. The summed E-state index contributed by atoms with van der Waals surface area (Å²) in [5, 5.41) is 2.64. The maximum Gasteiger partial charge on any atom is 0.0713 e. The van der Waals surface area contributed by atoms with E-state index in [0.29, 0.717) is 0 Å². The molecule has 10 aromatic carbocycles. The smallest absolute Gasteiger partial charge is 0.0713 e. The summed E-state index contributed by atoms with van der Waals surface area (Å²) in [4.78, 5) is 2.39. The average molecular weight is 820 g/mol. The van der Waals surface area contributed by atoms with Crippen LogP contribution in [0.25, 0.3) is 64.7 Å². The third-order valence-corrected chi connectivity index (χ3v) is 14.1. The molecule has 0 aliphatic heterocycles. The fourth-order valence-electron chi connectivity index (χ4n) is 10.1. The highest BCUT2D eigenvalue weighted by atomic mass is 32.1. The molecule has 296 valence electrons. The van der Waals surface area contributed by atoms with Gasteiger partial charge in [-0.15, -0.1) is 11.3 Å². The fraction of sp³-hybridized carbons (Fsp3) is 0.0164. The molecule has 1 heterocycles. The Balaban J connectivity index is 0.943. The van der Waals surface area contributed by atoms with Gasteiger partial charge in [0, 0.05) is 37.1 Å². The molecular weight excluding hydrogens is 779 g/mol. The van der Waals surface area contributed by atoms with E-state index in [0.717, 1.165) is 17.1 Å². The number of nitrogens with zero attached hydrogens (tertiary/aromatic N) is 1. The minimum absolute atomic E-state index is 0.417. The molecule has 11 aromatic rings. The van der Waals surface area contributed by atoms with E-state index in [4.69, 9.17) is 0 Å². The molecule has 0 bridgehead atoms. The third kappa shape index (κ3) is 6.14. The lowest BCUT2D eigenvalue weighted by Gasteiger charge is -2.33. The normalized spacial score (nSPS) is 12.6. The molecule has 0 amide bonds. The summed E-state index contributed by atoms with van der Waals surface area (Å²) < 4.78 is 2.65. The monoisotopic (exact) mass is 819 g/mol. The molecule has 2 heteroatoms. The minimum Gasteiger partial charge on any atom is -0.310 e. The first-order chi connectivity index (χ1) is 31.2. The van der Waals surface area contributed by atoms with E-state index < -0.39 is 5.41 Å². The number of hydrogen-bond donors (Lipinski definition) is 0. The van der Waals surface area contributed by atoms with E-state index in [1.54, 1.807) is 0 Å². The fourth-order valence-corrected chi connectivity index (χ4v) is 11.2. The van der Waals surface area contributed by atoms with Gasteiger partial charge in [-0.3, -0.25) is 0 Å². The van der Waals surface area contributed by atoms with Gasteiger partial charge in [0.1, 0.15) is 0 Å². The summed E-state index contributed by atoms with van der Waals surface area (Å²) in [5.74, 6) is 0. The first-order valence-electron chi connectivity index (χ1n) is 21.7. The van der Waals surface area contributed by atoms with E-state index in [1.807, 2.05) is 11.3 Å². The lowest BCUT2D eigenvalue weighted by molar-refractivity contribution is 0.768. The van der Waals surface area contributed by atoms with Crippen LogP contribution < -0.4 is 4.90 Å². The van der Waals surface area contributed by atoms with Gasteiger partial charge in [-0.1, -0.05) is 188 Å². The van der Waals surface area contributed by atoms with Gasteiger partial charge >= 0.3 is 0 Å². The highest BCUT2D eigenvalue weighted by molar-refractivity contribution is 7.25. The molecule has 0 N–H and O–H groups in total. The molecule has 0 radical (unpaired) electrons. The molecular formula is C61H41NS. The van der Waals surface area contributed by atoms with E-state index in [9.17, 15) is 0 Å². The number of hydrogen-bond acceptors (Lipinski definition) is 2. The van der Waals surface area contributed by atoms with Crippen LogP contribution in [0, 0.1) is 0 Å². The van der Waals surface area contributed by atoms with E-state index in [1.165, 1.54) is 86.9 Å². The van der Waals surface area contributed by atoms with Crippen molar-refractivity contribution in [2.75, 3.05) is 4.90 Å². The number of rotatable bonds is 8. The summed E-state index contributed by atoms with van der Waals surface area (Å²) in [5.41, 5.74) is 17.8. The van der Waals surface area contributed by atoms with Crippen molar-refractivity contribution in [3.8, 4) is 44.5 Å². The van der Waals surface area contributed by atoms with Crippen LogP contribution in [0.1, 0.15) is 22.3 Å². The van der Waals surface area contributed by atoms with Gasteiger partial charge in [0.25, 0.3) is 0 Å². The molecule has 0 spiro atoms. The van der Waals surface area contributed by atoms with Crippen LogP contribution in [0.2, 0.25) is 0 Å². The number of anilines is 3. The van der Waals surface area contributed by atoms with Crippen LogP contribution >= 0.6 is 11.3 Å². The first-order valence-corrected chi connectivity index (χ1v) is 22.5. The Morgan fingerprint density at radius 3 is 1.62 bits per heavy atom. The zero-order valence-corrected chi connectivity index (χ0v) is 35.3. The zero-order valence-electron chi connectivity index (χ0n) is 34.5. The summed E-state index contributed by atoms with van der Waals surface area (Å²) in [6, 6.07) is 91.4. The van der Waals surface area contributed by atoms with Crippen LogP contribution in [0.4, 0.5) is 17.1 Å². The van der Waals surface area contributed by atoms with Crippen LogP contribution in [0.5, 0.6) is 0 Å². The van der Waals surface area contributed by atoms with Crippen LogP contribution in [-0.4, -0.2) is 0 Å². The van der Waals surface area contributed by atoms with E-state index >= 15 is 0 Å². The molecule has 0 fully saturated rings. The van der Waals surface area contributed by atoms with E-state index in [2.05, 4.69) is 254 Å². The molecule has 63 heavy (non-hydrogen) atoms. The molecule has 1 nitrogen and oxygen atoms in total. The maximum atomic E-state index is 2.42. The molecule has 0 saturated carbocycles. The van der Waals surface area contributed by atoms with Crippen molar-refractivity contribution < 1.29 is 0 Å². The second-order valence-electron chi connectivity index (χ2n) is 16.4. The average Bonchev–Trinajstić information content (AvgIpc) is 3.89. The topological polar surface area (TPSA) is 3.24 Å². The zero-order chi connectivity index (χ0) is 41.7. The van der Waals surface area contributed by atoms with E-state index in [-0.39, 0.29) is 0 Å². The Morgan fingerprint density at radius 2 is 0.841 bits per heavy atom. The van der Waals surface area contributed by atoms with Crippen LogP contribution in [-0.2, 0) is 5.41 Å². The SMILES string of the molecule is c1ccc(N(c2ccc(-c3ccc4sc5ccccc5c4c3)cc2)c2ccccc2-c2cccc(-c3ccc4c(c3)-c3ccccc3C4(c3ccccc3)c3ccccc3)c2)cc1. The lowest BCUT2D eigenvalue weighted by Crippen LogP contribution is -2.28. The molecule has 1 aliphatic rings. The van der Waals surface area contributed by atoms with Gasteiger partial charge in [-0.2, -0.15) is 0 Å². The Bertz CT molecular complexity index is 3400. The Morgan fingerprint density at radius 1 is 0.302 bits per heavy atom. The highest BCUT2D eigenvalue weighted by Gasteiger charge is 2.46. The largest absolute Gasteiger partial charge is 0.310 e. The standard InChI is InChI=1S/C61H41NS/c1-4-19-47(20-5-1)61(48-21-6-2-7-22-48)56-28-13-10-26-52(56)54-40-45(33-37-57(54)61)43-17-16-18-46(39-43)51-25-11-14-29-58(51)62(49-23-8-3-9-24-49)50-35-31-42(32-36-50)44-34-38-60-55(41-44)53-27-12-15-30-59(53)63-60/h1-41H. The minimum atomic E-state index is -0.417. The quantitative estimate of drug-likeness (QED) is 0.148. The molecule has 0 atom stereocenters. The van der Waals surface area contributed by atoms with Crippen molar-refractivity contribution in [2.45, 2.75) is 5.41 Å². The Hall–Kier alpha value is -7.78. The summed E-state index contributed by atoms with van der Waals surface area (Å²) in [7, 11) is 0. The third-order valence-electron chi connectivity index (χ3n) is 13.0. The van der Waals surface area contributed by atoms with Gasteiger partial charge in [0.05, 0.1) is 11.1 Å². The number of thiophene rings is 1. The predicted octanol–water partition coefficient (Wildman–Crippen LogP) is 16.9. The van der Waals surface area contributed by atoms with Crippen molar-refractivity contribution in [1.29, 1.82) is 0 Å². The van der Waals surface area contributed by atoms with Crippen molar-refractivity contribution in [3.05, 3.63) is 271 Å². The first kappa shape index (κ1) is 37.0. The van der Waals surface area contributed by atoms with Crippen molar-refractivity contribution in [3.63, 3.8) is 0 Å². The van der Waals surface area contributed by atoms with Crippen LogP contribution in [0.15, 0.2) is 249 Å². The molecule has 1 aromatic heterocycles. The number of benzene rings is 10. The summed E-state index contributed by atoms with van der Waals surface area (Å²) >= 11 is 1.86. The Kier molecular flexibility index (Phi) is 8.98. The van der Waals surface area contributed by atoms with Gasteiger partial charge in [0.15, 0.2) is 0 Å². The Labute approximate surface area is 372 Å². The lowest BCUT2D eigenvalue weighted by atomic mass is 9.67. The van der Waals surface area contributed by atoms with Crippen molar-refractivity contribution in [1.82, 2.24) is 0 Å². The molecule has 0 saturated heterocycles. The molecule has 12 rings (SSSR count). The van der Waals surface area contributed by atoms with Crippen molar-refractivity contribution >= 4 is 48.6 Å². The molecule has 1 aliphatic carbocycles. The van der Waals surface area contributed by atoms with Gasteiger partial charge in [0.2, 0.25) is 0 Å². The highest BCUT2D eigenvalue weighted by Crippen LogP contribution is 2.56. The summed E-state index contributed by atoms with van der Waals surface area (Å²) in [6.07, 6.45) is 0. The van der Waals surface area contributed by atoms with Gasteiger partial charge in [-0.05, 0) is 122 Å². The summed E-state index contributed by atoms with van der Waals surface area (Å²) in [6.45, 7) is 0. The van der Waals surface area contributed by atoms with Gasteiger partial charge in [-0.25, -0.2) is 0 Å². The second-order valence-corrected chi connectivity index (χ2v) is 17.5. The predicted molar refractivity (Wildman–Crippen MR) is 268 cm³/mol. The second kappa shape index (κ2) is 15.3. The maximum absolute atomic E-state index is 2.42. The number of para-hydroxylation sites is 2.